The van der Waals surface area contributed by atoms with Crippen LogP contribution >= 0.6 is 0 Å². The molecule has 0 heterocycles. The van der Waals surface area contributed by atoms with Crippen LogP contribution in [-0.4, -0.2) is 44.9 Å². The number of hydrogen-bond donors (Lipinski definition) is 0. The van der Waals surface area contributed by atoms with Crippen molar-refractivity contribution in [2.24, 2.45) is 0 Å². The summed E-state index contributed by atoms with van der Waals surface area (Å²) in [6, 6.07) is 0. The van der Waals surface area contributed by atoms with Crippen molar-refractivity contribution in [3.63, 3.8) is 0 Å². The van der Waals surface area contributed by atoms with E-state index in [1.807, 2.05) is 21.1 Å². The van der Waals surface area contributed by atoms with Crippen LogP contribution < -0.4 is 0 Å². The fourth-order valence-electron chi connectivity index (χ4n) is 0.499. The number of hydrogen-bond acceptors (Lipinski definition) is 1. The molecule has 11 heavy (non-hydrogen) atoms. The molecule has 0 saturated carbocycles. The summed E-state index contributed by atoms with van der Waals surface area (Å²) in [7, 11) is 5.78. The van der Waals surface area contributed by atoms with E-state index in [9.17, 15) is 8.78 Å². The van der Waals surface area contributed by atoms with Crippen LogP contribution in [0.25, 0.3) is 0 Å². The molecule has 0 aliphatic rings. The van der Waals surface area contributed by atoms with Crippen molar-refractivity contribution in [2.45, 2.75) is 13.0 Å². The topological polar surface area (TPSA) is 9.23 Å². The van der Waals surface area contributed by atoms with Crippen molar-refractivity contribution >= 4 is 0 Å². The fraction of sp³-hybridized carbons (Fsp3) is 1.00. The van der Waals surface area contributed by atoms with Gasteiger partial charge in [0.2, 0.25) is 0 Å². The van der Waals surface area contributed by atoms with E-state index in [0.717, 1.165) is 6.92 Å². The number of likely N-dealkylation sites (N-methyl/N-ethyl adjacent to an activating group) is 1. The fourth-order valence-corrected chi connectivity index (χ4v) is 0.499. The van der Waals surface area contributed by atoms with Crippen molar-refractivity contribution in [3.05, 3.63) is 0 Å². The lowest BCUT2D eigenvalue weighted by Crippen LogP contribution is -2.38. The molecule has 0 aromatic rings. The molecule has 68 valence electrons. The molecule has 0 N–H and O–H groups in total. The predicted octanol–water partition coefficient (Wildman–Crippen LogP) is 1.32. The monoisotopic (exact) mass is 168 g/mol. The van der Waals surface area contributed by atoms with E-state index in [4.69, 9.17) is 0 Å². The zero-order chi connectivity index (χ0) is 9.12. The summed E-state index contributed by atoms with van der Waals surface area (Å²) >= 11 is 0. The molecule has 0 fully saturated rings. The second-order valence-corrected chi connectivity index (χ2v) is 3.67. The second kappa shape index (κ2) is 3.45. The van der Waals surface area contributed by atoms with Crippen LogP contribution in [0, 0.1) is 0 Å². The van der Waals surface area contributed by atoms with E-state index in [-0.39, 0.29) is 6.61 Å². The SMILES string of the molecule is CC(F)(F)OCC[N+](C)(C)C. The number of rotatable bonds is 4. The minimum absolute atomic E-state index is 0.0903. The molecule has 0 amide bonds. The maximum absolute atomic E-state index is 12.1. The van der Waals surface area contributed by atoms with Gasteiger partial charge in [0.15, 0.2) is 0 Å². The van der Waals surface area contributed by atoms with Crippen molar-refractivity contribution in [1.29, 1.82) is 0 Å². The van der Waals surface area contributed by atoms with Gasteiger partial charge < -0.3 is 9.22 Å². The van der Waals surface area contributed by atoms with Gasteiger partial charge in [-0.05, 0) is 0 Å². The van der Waals surface area contributed by atoms with Gasteiger partial charge in [-0.2, -0.15) is 8.78 Å². The molecule has 0 saturated heterocycles. The smallest absolute Gasteiger partial charge is 0.329 e. The lowest BCUT2D eigenvalue weighted by Gasteiger charge is -2.24. The third-order valence-electron chi connectivity index (χ3n) is 1.12. The largest absolute Gasteiger partial charge is 0.353 e. The van der Waals surface area contributed by atoms with Gasteiger partial charge in [-0.15, -0.1) is 0 Å². The molecule has 0 aromatic heterocycles. The molecule has 0 rings (SSSR count). The highest BCUT2D eigenvalue weighted by Crippen LogP contribution is 2.12. The minimum atomic E-state index is -2.99. The zero-order valence-corrected chi connectivity index (χ0v) is 7.53. The number of ether oxygens (including phenoxy) is 1. The van der Waals surface area contributed by atoms with Gasteiger partial charge in [0.1, 0.15) is 13.2 Å². The van der Waals surface area contributed by atoms with E-state index in [2.05, 4.69) is 4.74 Å². The number of alkyl halides is 2. The Kier molecular flexibility index (Phi) is 3.38. The van der Waals surface area contributed by atoms with Crippen LogP contribution in [0.4, 0.5) is 8.78 Å². The molecule has 0 unspecified atom stereocenters. The van der Waals surface area contributed by atoms with Gasteiger partial charge >= 0.3 is 6.11 Å². The van der Waals surface area contributed by atoms with E-state index < -0.39 is 6.11 Å². The lowest BCUT2D eigenvalue weighted by atomic mass is 10.5. The normalized spacial score (nSPS) is 13.6. The first-order valence-electron chi connectivity index (χ1n) is 3.53. The molecule has 0 aromatic carbocycles. The molecule has 0 atom stereocenters. The van der Waals surface area contributed by atoms with E-state index >= 15 is 0 Å². The molecular weight excluding hydrogens is 152 g/mol. The van der Waals surface area contributed by atoms with Crippen LogP contribution in [0.5, 0.6) is 0 Å². The maximum Gasteiger partial charge on any atom is 0.353 e. The van der Waals surface area contributed by atoms with Gasteiger partial charge in [0.05, 0.1) is 21.1 Å². The summed E-state index contributed by atoms with van der Waals surface area (Å²) in [5.74, 6) is 0. The average molecular weight is 168 g/mol. The van der Waals surface area contributed by atoms with Crippen LogP contribution in [0.2, 0.25) is 0 Å². The Labute approximate surface area is 66.3 Å². The third kappa shape index (κ3) is 9.78. The molecule has 0 radical (unpaired) electrons. The molecule has 4 heteroatoms. The third-order valence-corrected chi connectivity index (χ3v) is 1.12. The van der Waals surface area contributed by atoms with Crippen LogP contribution in [0.1, 0.15) is 6.92 Å². The minimum Gasteiger partial charge on any atom is -0.329 e. The van der Waals surface area contributed by atoms with E-state index in [0.29, 0.717) is 11.0 Å². The van der Waals surface area contributed by atoms with Crippen LogP contribution in [0.15, 0.2) is 0 Å². The van der Waals surface area contributed by atoms with E-state index in [1.165, 1.54) is 0 Å². The Hall–Kier alpha value is -0.220. The Morgan fingerprint density at radius 3 is 2.00 bits per heavy atom. The molecule has 0 bridgehead atoms. The first-order valence-corrected chi connectivity index (χ1v) is 3.53. The second-order valence-electron chi connectivity index (χ2n) is 3.67. The molecule has 2 nitrogen and oxygen atoms in total. The summed E-state index contributed by atoms with van der Waals surface area (Å²) < 4.78 is 29.0. The Morgan fingerprint density at radius 2 is 1.73 bits per heavy atom. The van der Waals surface area contributed by atoms with E-state index in [1.54, 1.807) is 0 Å². The number of nitrogens with zero attached hydrogens (tertiary/aromatic N) is 1. The summed E-state index contributed by atoms with van der Waals surface area (Å²) in [4.78, 5) is 0. The number of halogens is 2. The summed E-state index contributed by atoms with van der Waals surface area (Å²) in [6.07, 6.45) is -2.99. The van der Waals surface area contributed by atoms with Gasteiger partial charge in [-0.25, -0.2) is 0 Å². The summed E-state index contributed by atoms with van der Waals surface area (Å²) in [5.41, 5.74) is 0. The summed E-state index contributed by atoms with van der Waals surface area (Å²) in [6.45, 7) is 1.43. The molecule has 0 aliphatic heterocycles. The van der Waals surface area contributed by atoms with Crippen LogP contribution in [-0.2, 0) is 4.74 Å². The van der Waals surface area contributed by atoms with Crippen molar-refractivity contribution in [2.75, 3.05) is 34.3 Å². The Morgan fingerprint density at radius 1 is 1.27 bits per heavy atom. The lowest BCUT2D eigenvalue weighted by molar-refractivity contribution is -0.871. The maximum atomic E-state index is 12.1. The van der Waals surface area contributed by atoms with Crippen LogP contribution in [0.3, 0.4) is 0 Å². The summed E-state index contributed by atoms with van der Waals surface area (Å²) in [5, 5.41) is 0. The number of quaternary nitrogens is 1. The highest BCUT2D eigenvalue weighted by molar-refractivity contribution is 4.38. The first kappa shape index (κ1) is 10.8. The van der Waals surface area contributed by atoms with Crippen molar-refractivity contribution in [1.82, 2.24) is 0 Å². The molecule has 0 spiro atoms. The Bertz CT molecular complexity index is 101. The average Bonchev–Trinajstić information content (AvgIpc) is 1.55. The van der Waals surface area contributed by atoms with Gasteiger partial charge in [0.25, 0.3) is 0 Å². The quantitative estimate of drug-likeness (QED) is 0.575. The highest BCUT2D eigenvalue weighted by atomic mass is 19.3. The first-order chi connectivity index (χ1) is 4.71. The van der Waals surface area contributed by atoms with Gasteiger partial charge in [0, 0.05) is 6.92 Å². The van der Waals surface area contributed by atoms with Crippen molar-refractivity contribution in [3.8, 4) is 0 Å². The zero-order valence-electron chi connectivity index (χ0n) is 7.53. The predicted molar refractivity (Wildman–Crippen MR) is 39.5 cm³/mol. The van der Waals surface area contributed by atoms with Gasteiger partial charge in [-0.1, -0.05) is 0 Å². The molecular formula is C7H16F2NO+. The standard InChI is InChI=1S/C7H16F2NO/c1-7(8,9)11-6-5-10(2,3)4/h5-6H2,1-4H3/q+1. The highest BCUT2D eigenvalue weighted by Gasteiger charge is 2.22. The van der Waals surface area contributed by atoms with Crippen molar-refractivity contribution < 1.29 is 18.0 Å². The molecule has 0 aliphatic carbocycles. The Balaban J connectivity index is 3.44. The van der Waals surface area contributed by atoms with Gasteiger partial charge in [-0.3, -0.25) is 0 Å².